The summed E-state index contributed by atoms with van der Waals surface area (Å²) in [4.78, 5) is 0. The Morgan fingerprint density at radius 2 is 1.81 bits per heavy atom. The first kappa shape index (κ1) is 15.0. The van der Waals surface area contributed by atoms with Crippen molar-refractivity contribution in [3.8, 4) is 5.75 Å². The van der Waals surface area contributed by atoms with E-state index in [1.807, 2.05) is 0 Å². The second-order valence-corrected chi connectivity index (χ2v) is 3.14. The van der Waals surface area contributed by atoms with Crippen LogP contribution in [0.4, 0.5) is 17.6 Å². The Bertz CT molecular complexity index is 379. The summed E-state index contributed by atoms with van der Waals surface area (Å²) < 4.78 is 50.1. The minimum Gasteiger partial charge on any atom is -0.505 e. The quantitative estimate of drug-likeness (QED) is 0.762. The van der Waals surface area contributed by atoms with Gasteiger partial charge in [-0.15, -0.1) is 12.4 Å². The summed E-state index contributed by atoms with van der Waals surface area (Å²) in [7, 11) is 0. The molecule has 0 amide bonds. The Morgan fingerprint density at radius 1 is 1.31 bits per heavy atom. The SMILES string of the molecule is C[C@@H](N)c1c(C(F)(F)F)ccc(F)c1O.Cl. The molecule has 0 aliphatic rings. The number of aromatic hydroxyl groups is 1. The Hall–Kier alpha value is -1.01. The summed E-state index contributed by atoms with van der Waals surface area (Å²) in [6, 6.07) is 0.0231. The molecule has 0 unspecified atom stereocenters. The van der Waals surface area contributed by atoms with Crippen molar-refractivity contribution in [1.29, 1.82) is 0 Å². The normalized spacial score (nSPS) is 13.1. The standard InChI is InChI=1S/C9H9F4NO.ClH/c1-4(14)7-5(9(11,12)13)2-3-6(10)8(7)15;/h2-4,15H,14H2,1H3;1H/t4-;/m1./s1. The van der Waals surface area contributed by atoms with E-state index >= 15 is 0 Å². The van der Waals surface area contributed by atoms with E-state index in [0.717, 1.165) is 0 Å². The van der Waals surface area contributed by atoms with Gasteiger partial charge in [-0.3, -0.25) is 0 Å². The first-order valence-electron chi connectivity index (χ1n) is 4.09. The lowest BCUT2D eigenvalue weighted by atomic mass is 10.00. The summed E-state index contributed by atoms with van der Waals surface area (Å²) in [5.74, 6) is -2.16. The van der Waals surface area contributed by atoms with Crippen molar-refractivity contribution in [2.45, 2.75) is 19.1 Å². The second-order valence-electron chi connectivity index (χ2n) is 3.14. The molecular formula is C9H10ClF4NO. The van der Waals surface area contributed by atoms with Gasteiger partial charge in [-0.1, -0.05) is 0 Å². The van der Waals surface area contributed by atoms with Crippen LogP contribution in [0.5, 0.6) is 5.75 Å². The van der Waals surface area contributed by atoms with Gasteiger partial charge in [0.05, 0.1) is 5.56 Å². The molecule has 3 N–H and O–H groups in total. The maximum Gasteiger partial charge on any atom is 0.416 e. The van der Waals surface area contributed by atoms with E-state index < -0.39 is 34.9 Å². The first-order valence-corrected chi connectivity index (χ1v) is 4.09. The maximum absolute atomic E-state index is 12.8. The van der Waals surface area contributed by atoms with E-state index in [9.17, 15) is 17.6 Å². The molecule has 0 aliphatic heterocycles. The Labute approximate surface area is 95.5 Å². The molecule has 0 radical (unpaired) electrons. The number of halogens is 5. The van der Waals surface area contributed by atoms with E-state index in [2.05, 4.69) is 0 Å². The maximum atomic E-state index is 12.8. The predicted octanol–water partition coefficient (Wildman–Crippen LogP) is 2.99. The van der Waals surface area contributed by atoms with Crippen LogP contribution < -0.4 is 5.73 Å². The first-order chi connectivity index (χ1) is 6.75. The third-order valence-corrected chi connectivity index (χ3v) is 1.93. The highest BCUT2D eigenvalue weighted by molar-refractivity contribution is 5.85. The van der Waals surface area contributed by atoms with E-state index in [1.54, 1.807) is 0 Å². The summed E-state index contributed by atoms with van der Waals surface area (Å²) in [5.41, 5.74) is 3.52. The second kappa shape index (κ2) is 4.88. The number of hydrogen-bond donors (Lipinski definition) is 2. The van der Waals surface area contributed by atoms with E-state index in [-0.39, 0.29) is 12.4 Å². The van der Waals surface area contributed by atoms with Crippen LogP contribution in [0.3, 0.4) is 0 Å². The van der Waals surface area contributed by atoms with Gasteiger partial charge in [-0.25, -0.2) is 4.39 Å². The Morgan fingerprint density at radius 3 is 2.19 bits per heavy atom. The van der Waals surface area contributed by atoms with Crippen molar-refractivity contribution < 1.29 is 22.7 Å². The van der Waals surface area contributed by atoms with E-state index in [4.69, 9.17) is 10.8 Å². The van der Waals surface area contributed by atoms with Gasteiger partial charge in [-0.2, -0.15) is 13.2 Å². The Kier molecular flexibility index (Phi) is 4.57. The van der Waals surface area contributed by atoms with Crippen LogP contribution in [-0.2, 0) is 6.18 Å². The summed E-state index contributed by atoms with van der Waals surface area (Å²) in [6.07, 6.45) is -4.66. The van der Waals surface area contributed by atoms with Crippen molar-refractivity contribution in [1.82, 2.24) is 0 Å². The fourth-order valence-corrected chi connectivity index (χ4v) is 1.29. The van der Waals surface area contributed by atoms with Crippen LogP contribution in [0.15, 0.2) is 12.1 Å². The fourth-order valence-electron chi connectivity index (χ4n) is 1.29. The molecular weight excluding hydrogens is 250 g/mol. The zero-order valence-corrected chi connectivity index (χ0v) is 8.99. The van der Waals surface area contributed by atoms with Crippen molar-refractivity contribution in [3.05, 3.63) is 29.1 Å². The van der Waals surface area contributed by atoms with Gasteiger partial charge in [-0.05, 0) is 19.1 Å². The zero-order chi connectivity index (χ0) is 11.8. The van der Waals surface area contributed by atoms with Gasteiger partial charge in [0.2, 0.25) is 0 Å². The lowest BCUT2D eigenvalue weighted by Crippen LogP contribution is -2.16. The number of phenolic OH excluding ortho intramolecular Hbond substituents is 1. The molecule has 1 atom stereocenters. The molecule has 2 nitrogen and oxygen atoms in total. The molecule has 0 fully saturated rings. The smallest absolute Gasteiger partial charge is 0.416 e. The van der Waals surface area contributed by atoms with Crippen LogP contribution in [0.1, 0.15) is 24.1 Å². The third-order valence-electron chi connectivity index (χ3n) is 1.93. The summed E-state index contributed by atoms with van der Waals surface area (Å²) in [5, 5.41) is 9.16. The number of alkyl halides is 3. The van der Waals surface area contributed by atoms with Crippen LogP contribution in [0.2, 0.25) is 0 Å². The molecule has 0 bridgehead atoms. The van der Waals surface area contributed by atoms with Crippen LogP contribution >= 0.6 is 12.4 Å². The highest BCUT2D eigenvalue weighted by Crippen LogP contribution is 2.39. The number of hydrogen-bond acceptors (Lipinski definition) is 2. The van der Waals surface area contributed by atoms with Gasteiger partial charge in [0, 0.05) is 11.6 Å². The number of phenols is 1. The largest absolute Gasteiger partial charge is 0.505 e. The Balaban J connectivity index is 0.00000225. The average molecular weight is 260 g/mol. The highest BCUT2D eigenvalue weighted by atomic mass is 35.5. The minimum atomic E-state index is -4.66. The number of benzene rings is 1. The number of rotatable bonds is 1. The van der Waals surface area contributed by atoms with Gasteiger partial charge in [0.1, 0.15) is 0 Å². The lowest BCUT2D eigenvalue weighted by Gasteiger charge is -2.16. The molecule has 16 heavy (non-hydrogen) atoms. The van der Waals surface area contributed by atoms with Gasteiger partial charge >= 0.3 is 6.18 Å². The minimum absolute atomic E-state index is 0. The fraction of sp³-hybridized carbons (Fsp3) is 0.333. The number of nitrogens with two attached hydrogens (primary N) is 1. The van der Waals surface area contributed by atoms with Crippen molar-refractivity contribution in [2.24, 2.45) is 5.73 Å². The molecule has 0 saturated carbocycles. The monoisotopic (exact) mass is 259 g/mol. The van der Waals surface area contributed by atoms with Crippen LogP contribution in [0.25, 0.3) is 0 Å². The highest BCUT2D eigenvalue weighted by Gasteiger charge is 2.36. The molecule has 1 aromatic carbocycles. The molecule has 0 saturated heterocycles. The molecule has 92 valence electrons. The molecule has 1 rings (SSSR count). The molecule has 0 spiro atoms. The summed E-state index contributed by atoms with van der Waals surface area (Å²) >= 11 is 0. The van der Waals surface area contributed by atoms with E-state index in [1.165, 1.54) is 6.92 Å². The molecule has 1 aromatic rings. The average Bonchev–Trinajstić information content (AvgIpc) is 2.06. The van der Waals surface area contributed by atoms with E-state index in [0.29, 0.717) is 12.1 Å². The summed E-state index contributed by atoms with van der Waals surface area (Å²) in [6.45, 7) is 1.24. The van der Waals surface area contributed by atoms with Crippen LogP contribution in [-0.4, -0.2) is 5.11 Å². The van der Waals surface area contributed by atoms with Crippen molar-refractivity contribution in [2.75, 3.05) is 0 Å². The lowest BCUT2D eigenvalue weighted by molar-refractivity contribution is -0.138. The molecule has 0 heterocycles. The predicted molar refractivity (Wildman–Crippen MR) is 52.9 cm³/mol. The molecule has 0 aromatic heterocycles. The van der Waals surface area contributed by atoms with Gasteiger partial charge in [0.15, 0.2) is 11.6 Å². The zero-order valence-electron chi connectivity index (χ0n) is 8.18. The molecule has 7 heteroatoms. The van der Waals surface area contributed by atoms with Gasteiger partial charge in [0.25, 0.3) is 0 Å². The topological polar surface area (TPSA) is 46.2 Å². The van der Waals surface area contributed by atoms with Gasteiger partial charge < -0.3 is 10.8 Å². The van der Waals surface area contributed by atoms with Crippen molar-refractivity contribution in [3.63, 3.8) is 0 Å². The third kappa shape index (κ3) is 2.76. The van der Waals surface area contributed by atoms with Crippen molar-refractivity contribution >= 4 is 12.4 Å². The molecule has 0 aliphatic carbocycles. The van der Waals surface area contributed by atoms with Crippen LogP contribution in [0, 0.1) is 5.82 Å².